The minimum absolute atomic E-state index is 0.0851. The quantitative estimate of drug-likeness (QED) is 0.763. The lowest BCUT2D eigenvalue weighted by atomic mass is 9.96. The van der Waals surface area contributed by atoms with Gasteiger partial charge in [-0.3, -0.25) is 4.79 Å². The summed E-state index contributed by atoms with van der Waals surface area (Å²) in [5.74, 6) is -0.973. The highest BCUT2D eigenvalue weighted by Crippen LogP contribution is 2.19. The maximum Gasteiger partial charge on any atom is 0.133 e. The lowest BCUT2D eigenvalue weighted by Crippen LogP contribution is -2.21. The monoisotopic (exact) mass is 208 g/mol. The molecule has 0 atom stereocenters. The van der Waals surface area contributed by atoms with E-state index < -0.39 is 24.6 Å². The second kappa shape index (κ2) is 5.08. The molecule has 1 aromatic rings. The van der Waals surface area contributed by atoms with Gasteiger partial charge in [-0.05, 0) is 18.4 Å². The Morgan fingerprint density at radius 3 is 2.60 bits per heavy atom. The molecule has 0 spiro atoms. The van der Waals surface area contributed by atoms with Crippen molar-refractivity contribution in [1.29, 1.82) is 0 Å². The van der Waals surface area contributed by atoms with Crippen molar-refractivity contribution in [3.8, 4) is 0 Å². The summed E-state index contributed by atoms with van der Waals surface area (Å²) in [6.07, 6.45) is -5.05. The highest BCUT2D eigenvalue weighted by Gasteiger charge is 2.18. The van der Waals surface area contributed by atoms with E-state index in [1.807, 2.05) is 30.3 Å². The average Bonchev–Trinajstić information content (AvgIpc) is 2.34. The van der Waals surface area contributed by atoms with Gasteiger partial charge < -0.3 is 4.74 Å². The van der Waals surface area contributed by atoms with Gasteiger partial charge >= 0.3 is 0 Å². The zero-order chi connectivity index (χ0) is 14.1. The summed E-state index contributed by atoms with van der Waals surface area (Å²) < 4.78 is 35.9. The smallest absolute Gasteiger partial charge is 0.133 e. The van der Waals surface area contributed by atoms with E-state index in [0.717, 1.165) is 5.56 Å². The molecule has 0 unspecified atom stereocenters. The molecule has 2 nitrogen and oxygen atoms in total. The molecule has 0 aromatic heterocycles. The van der Waals surface area contributed by atoms with Crippen molar-refractivity contribution in [1.82, 2.24) is 0 Å². The van der Waals surface area contributed by atoms with Crippen molar-refractivity contribution in [3.63, 3.8) is 0 Å². The highest BCUT2D eigenvalue weighted by atomic mass is 16.5. The third-order valence-electron chi connectivity index (χ3n) is 2.31. The van der Waals surface area contributed by atoms with E-state index in [2.05, 4.69) is 0 Å². The van der Waals surface area contributed by atoms with E-state index in [0.29, 0.717) is 6.61 Å². The molecule has 0 N–H and O–H groups in total. The molecule has 2 rings (SSSR count). The molecule has 1 saturated carbocycles. The summed E-state index contributed by atoms with van der Waals surface area (Å²) >= 11 is 0. The largest absolute Gasteiger partial charge is 0.374 e. The molecule has 1 aromatic carbocycles. The topological polar surface area (TPSA) is 26.3 Å². The standard InChI is InChI=1S/C13H16O2/c14-12-6-8-13(9-7-12)15-10-11-4-2-1-3-5-11/h1-5,13H,6-10H2/i6D2,7D2. The maximum absolute atomic E-state index is 11.6. The van der Waals surface area contributed by atoms with E-state index in [1.165, 1.54) is 0 Å². The van der Waals surface area contributed by atoms with Crippen molar-refractivity contribution < 1.29 is 15.0 Å². The number of carbonyl (C=O) groups excluding carboxylic acids is 1. The molecule has 0 bridgehead atoms. The third kappa shape index (κ3) is 3.17. The summed E-state index contributed by atoms with van der Waals surface area (Å²) in [4.78, 5) is 11.6. The zero-order valence-corrected chi connectivity index (χ0v) is 8.40. The Balaban J connectivity index is 2.00. The Labute approximate surface area is 95.9 Å². The molecule has 0 radical (unpaired) electrons. The molecule has 0 saturated heterocycles. The maximum atomic E-state index is 11.6. The molecule has 0 amide bonds. The second-order valence-electron chi connectivity index (χ2n) is 3.51. The van der Waals surface area contributed by atoms with Gasteiger partial charge in [-0.15, -0.1) is 0 Å². The third-order valence-corrected chi connectivity index (χ3v) is 2.31. The second-order valence-corrected chi connectivity index (χ2v) is 3.51. The highest BCUT2D eigenvalue weighted by molar-refractivity contribution is 5.79. The van der Waals surface area contributed by atoms with Gasteiger partial charge in [0.05, 0.1) is 12.7 Å². The number of ether oxygens (including phenoxy) is 1. The number of benzene rings is 1. The van der Waals surface area contributed by atoms with E-state index in [-0.39, 0.29) is 12.8 Å². The molecule has 2 heteroatoms. The van der Waals surface area contributed by atoms with Crippen LogP contribution in [0.1, 0.15) is 36.6 Å². The van der Waals surface area contributed by atoms with Crippen LogP contribution in [-0.4, -0.2) is 11.9 Å². The van der Waals surface area contributed by atoms with Crippen molar-refractivity contribution in [2.24, 2.45) is 0 Å². The lowest BCUT2D eigenvalue weighted by molar-refractivity contribution is -0.123. The van der Waals surface area contributed by atoms with Crippen LogP contribution < -0.4 is 0 Å². The van der Waals surface area contributed by atoms with E-state index in [9.17, 15) is 4.79 Å². The molecule has 15 heavy (non-hydrogen) atoms. The van der Waals surface area contributed by atoms with Crippen LogP contribution >= 0.6 is 0 Å². The predicted molar refractivity (Wildman–Crippen MR) is 58.5 cm³/mol. The molecule has 1 aliphatic carbocycles. The van der Waals surface area contributed by atoms with Gasteiger partial charge in [0.2, 0.25) is 0 Å². The molecule has 80 valence electrons. The number of rotatable bonds is 3. The zero-order valence-electron chi connectivity index (χ0n) is 12.4. The average molecular weight is 208 g/mol. The molecular formula is C13H16O2. The van der Waals surface area contributed by atoms with E-state index in [4.69, 9.17) is 10.2 Å². The van der Waals surface area contributed by atoms with Crippen LogP contribution in [0.4, 0.5) is 0 Å². The Morgan fingerprint density at radius 2 is 1.93 bits per heavy atom. The Kier molecular flexibility index (Phi) is 2.18. The van der Waals surface area contributed by atoms with Gasteiger partial charge in [0.15, 0.2) is 0 Å². The first-order valence-corrected chi connectivity index (χ1v) is 5.02. The SMILES string of the molecule is [2H]C1([2H])CC(OCc2ccccc2)CC([2H])([2H])C1=O. The van der Waals surface area contributed by atoms with Crippen molar-refractivity contribution >= 4 is 5.78 Å². The van der Waals surface area contributed by atoms with Gasteiger partial charge in [0, 0.05) is 18.2 Å². The Bertz CT molecular complexity index is 439. The van der Waals surface area contributed by atoms with Crippen LogP contribution in [0.2, 0.25) is 0 Å². The number of ketones is 1. The van der Waals surface area contributed by atoms with Crippen LogP contribution in [0.15, 0.2) is 30.3 Å². The molecule has 1 aliphatic rings. The first-order chi connectivity index (χ1) is 8.81. The van der Waals surface area contributed by atoms with Gasteiger partial charge in [0.25, 0.3) is 0 Å². The summed E-state index contributed by atoms with van der Waals surface area (Å²) in [5.41, 5.74) is 0.945. The summed E-state index contributed by atoms with van der Waals surface area (Å²) in [7, 11) is 0. The molecular weight excluding hydrogens is 188 g/mol. The van der Waals surface area contributed by atoms with Crippen LogP contribution in [-0.2, 0) is 16.1 Å². The minimum atomic E-state index is -2.15. The van der Waals surface area contributed by atoms with Crippen LogP contribution in [0.3, 0.4) is 0 Å². The fraction of sp³-hybridized carbons (Fsp3) is 0.462. The van der Waals surface area contributed by atoms with Crippen molar-refractivity contribution in [2.75, 3.05) is 0 Å². The Morgan fingerprint density at radius 1 is 1.27 bits per heavy atom. The van der Waals surface area contributed by atoms with Gasteiger partial charge in [-0.1, -0.05) is 30.3 Å². The number of hydrogen-bond acceptors (Lipinski definition) is 2. The summed E-state index contributed by atoms with van der Waals surface area (Å²) in [6, 6.07) is 9.41. The Hall–Kier alpha value is -1.15. The normalized spacial score (nSPS) is 28.7. The fourth-order valence-corrected chi connectivity index (χ4v) is 1.45. The van der Waals surface area contributed by atoms with E-state index >= 15 is 0 Å². The van der Waals surface area contributed by atoms with Gasteiger partial charge in [0.1, 0.15) is 5.78 Å². The predicted octanol–water partition coefficient (Wildman–Crippen LogP) is 2.71. The molecule has 1 fully saturated rings. The fourth-order valence-electron chi connectivity index (χ4n) is 1.45. The van der Waals surface area contributed by atoms with Gasteiger partial charge in [-0.25, -0.2) is 0 Å². The molecule has 0 aliphatic heterocycles. The molecule has 0 heterocycles. The van der Waals surface area contributed by atoms with E-state index in [1.54, 1.807) is 0 Å². The minimum Gasteiger partial charge on any atom is -0.374 e. The lowest BCUT2D eigenvalue weighted by Gasteiger charge is -2.21. The van der Waals surface area contributed by atoms with Crippen LogP contribution in [0.25, 0.3) is 0 Å². The van der Waals surface area contributed by atoms with Crippen molar-refractivity contribution in [3.05, 3.63) is 35.9 Å². The number of Topliss-reactive ketones (excluding diaryl/α,β-unsaturated/α-hetero) is 1. The van der Waals surface area contributed by atoms with Crippen LogP contribution in [0, 0.1) is 0 Å². The number of hydrogen-bond donors (Lipinski definition) is 0. The summed E-state index contributed by atoms with van der Waals surface area (Å²) in [6.45, 7) is 0.297. The van der Waals surface area contributed by atoms with Crippen molar-refractivity contribution in [2.45, 2.75) is 38.3 Å². The summed E-state index contributed by atoms with van der Waals surface area (Å²) in [5, 5.41) is 0. The van der Waals surface area contributed by atoms with Crippen LogP contribution in [0.5, 0.6) is 0 Å². The first-order valence-electron chi connectivity index (χ1n) is 7.02. The first kappa shape index (κ1) is 6.44. The number of carbonyl (C=O) groups is 1. The van der Waals surface area contributed by atoms with Gasteiger partial charge in [-0.2, -0.15) is 0 Å².